The molecule has 3 rings (SSSR count). The summed E-state index contributed by atoms with van der Waals surface area (Å²) in [6.07, 6.45) is 4.64. The van der Waals surface area contributed by atoms with E-state index in [0.717, 1.165) is 42.7 Å². The summed E-state index contributed by atoms with van der Waals surface area (Å²) in [5, 5.41) is 9.11. The van der Waals surface area contributed by atoms with Gasteiger partial charge in [0, 0.05) is 37.8 Å². The van der Waals surface area contributed by atoms with Gasteiger partial charge < -0.3 is 10.1 Å². The smallest absolute Gasteiger partial charge is 0.157 e. The first-order valence-corrected chi connectivity index (χ1v) is 7.30. The summed E-state index contributed by atoms with van der Waals surface area (Å²) in [5.74, 6) is 0. The number of rotatable bonds is 5. The van der Waals surface area contributed by atoms with Gasteiger partial charge in [0.25, 0.3) is 0 Å². The lowest BCUT2D eigenvalue weighted by Gasteiger charge is -2.35. The van der Waals surface area contributed by atoms with Crippen molar-refractivity contribution in [1.29, 1.82) is 0 Å². The first-order valence-electron chi connectivity index (χ1n) is 7.30. The molecule has 1 aliphatic carbocycles. The maximum Gasteiger partial charge on any atom is 0.157 e. The third kappa shape index (κ3) is 2.55. The Morgan fingerprint density at radius 3 is 3.00 bits per heavy atom. The molecule has 108 valence electrons. The second-order valence-corrected chi connectivity index (χ2v) is 5.55. The third-order valence-corrected chi connectivity index (χ3v) is 4.01. The van der Waals surface area contributed by atoms with Gasteiger partial charge >= 0.3 is 0 Å². The Morgan fingerprint density at radius 1 is 1.45 bits per heavy atom. The molecule has 1 fully saturated rings. The zero-order valence-corrected chi connectivity index (χ0v) is 12.4. The first kappa shape index (κ1) is 13.5. The summed E-state index contributed by atoms with van der Waals surface area (Å²) in [6.45, 7) is 5.76. The van der Waals surface area contributed by atoms with Gasteiger partial charge in [0.05, 0.1) is 11.8 Å². The summed E-state index contributed by atoms with van der Waals surface area (Å²) >= 11 is 0. The molecule has 0 saturated heterocycles. The predicted octanol–water partition coefficient (Wildman–Crippen LogP) is 1.93. The van der Waals surface area contributed by atoms with Crippen molar-refractivity contribution in [3.8, 4) is 0 Å². The molecule has 1 saturated carbocycles. The number of pyridine rings is 1. The van der Waals surface area contributed by atoms with Crippen LogP contribution in [0.4, 0.5) is 0 Å². The number of hydrogen-bond donors (Lipinski definition) is 1. The fourth-order valence-electron chi connectivity index (χ4n) is 2.81. The van der Waals surface area contributed by atoms with E-state index < -0.39 is 0 Å². The molecule has 1 aliphatic rings. The monoisotopic (exact) mass is 274 g/mol. The average Bonchev–Trinajstić information content (AvgIpc) is 2.67. The average molecular weight is 274 g/mol. The van der Waals surface area contributed by atoms with Gasteiger partial charge in [0.15, 0.2) is 5.65 Å². The number of nitrogens with zero attached hydrogens (tertiary/aromatic N) is 3. The maximum absolute atomic E-state index is 5.57. The maximum atomic E-state index is 5.57. The fourth-order valence-corrected chi connectivity index (χ4v) is 2.81. The van der Waals surface area contributed by atoms with Crippen molar-refractivity contribution in [2.45, 2.75) is 45.4 Å². The molecule has 0 atom stereocenters. The van der Waals surface area contributed by atoms with Crippen LogP contribution in [0.5, 0.6) is 0 Å². The lowest BCUT2D eigenvalue weighted by atomic mass is 9.89. The van der Waals surface area contributed by atoms with E-state index in [1.165, 1.54) is 5.56 Å². The molecule has 0 amide bonds. The van der Waals surface area contributed by atoms with Crippen molar-refractivity contribution >= 4 is 11.0 Å². The Labute approximate surface area is 119 Å². The number of nitrogens with one attached hydrogen (secondary N) is 1. The van der Waals surface area contributed by atoms with Gasteiger partial charge in [0.2, 0.25) is 0 Å². The van der Waals surface area contributed by atoms with Crippen molar-refractivity contribution in [2.75, 3.05) is 6.61 Å². The van der Waals surface area contributed by atoms with E-state index in [-0.39, 0.29) is 0 Å². The molecule has 0 bridgehead atoms. The van der Waals surface area contributed by atoms with E-state index in [1.54, 1.807) is 0 Å². The van der Waals surface area contributed by atoms with Crippen LogP contribution >= 0.6 is 0 Å². The van der Waals surface area contributed by atoms with E-state index in [2.05, 4.69) is 28.4 Å². The fraction of sp³-hybridized carbons (Fsp3) is 0.600. The van der Waals surface area contributed by atoms with Crippen molar-refractivity contribution in [1.82, 2.24) is 20.1 Å². The predicted molar refractivity (Wildman–Crippen MR) is 78.5 cm³/mol. The van der Waals surface area contributed by atoms with E-state index in [4.69, 9.17) is 4.74 Å². The van der Waals surface area contributed by atoms with Gasteiger partial charge in [-0.05, 0) is 38.3 Å². The molecule has 0 radical (unpaired) electrons. The van der Waals surface area contributed by atoms with Gasteiger partial charge in [-0.15, -0.1) is 0 Å². The van der Waals surface area contributed by atoms with Gasteiger partial charge in [-0.2, -0.15) is 5.10 Å². The van der Waals surface area contributed by atoms with Crippen molar-refractivity contribution in [3.63, 3.8) is 0 Å². The third-order valence-electron chi connectivity index (χ3n) is 4.01. The molecule has 2 aromatic heterocycles. The largest absolute Gasteiger partial charge is 0.378 e. The molecule has 0 aromatic carbocycles. The van der Waals surface area contributed by atoms with Crippen LogP contribution in [0.3, 0.4) is 0 Å². The van der Waals surface area contributed by atoms with E-state index >= 15 is 0 Å². The van der Waals surface area contributed by atoms with Crippen molar-refractivity contribution in [2.24, 2.45) is 7.05 Å². The molecule has 5 nitrogen and oxygen atoms in total. The highest BCUT2D eigenvalue weighted by molar-refractivity contribution is 5.78. The summed E-state index contributed by atoms with van der Waals surface area (Å²) in [7, 11) is 1.93. The van der Waals surface area contributed by atoms with Crippen LogP contribution in [0, 0.1) is 6.92 Å². The van der Waals surface area contributed by atoms with Crippen molar-refractivity contribution in [3.05, 3.63) is 23.5 Å². The second kappa shape index (κ2) is 5.50. The normalized spacial score (nSPS) is 22.1. The van der Waals surface area contributed by atoms with Gasteiger partial charge in [-0.1, -0.05) is 0 Å². The van der Waals surface area contributed by atoms with Gasteiger partial charge in [0.1, 0.15) is 0 Å². The van der Waals surface area contributed by atoms with Gasteiger partial charge in [-0.25, -0.2) is 4.98 Å². The molecule has 2 aromatic rings. The summed E-state index contributed by atoms with van der Waals surface area (Å²) < 4.78 is 7.41. The van der Waals surface area contributed by atoms with E-state index in [9.17, 15) is 0 Å². The quantitative estimate of drug-likeness (QED) is 0.905. The molecule has 20 heavy (non-hydrogen) atoms. The van der Waals surface area contributed by atoms with Gasteiger partial charge in [-0.3, -0.25) is 4.68 Å². The van der Waals surface area contributed by atoms with Crippen LogP contribution in [0.15, 0.2) is 12.3 Å². The van der Waals surface area contributed by atoms with Crippen LogP contribution in [0.2, 0.25) is 0 Å². The number of ether oxygens (including phenoxy) is 1. The molecule has 2 heterocycles. The molecular formula is C15H22N4O. The van der Waals surface area contributed by atoms with E-state index in [0.29, 0.717) is 12.1 Å². The number of fused-ring (bicyclic) bond motifs is 1. The molecule has 0 spiro atoms. The van der Waals surface area contributed by atoms with Crippen LogP contribution in [-0.2, 0) is 18.3 Å². The van der Waals surface area contributed by atoms with Crippen LogP contribution in [-0.4, -0.2) is 33.5 Å². The second-order valence-electron chi connectivity index (χ2n) is 5.55. The summed E-state index contributed by atoms with van der Waals surface area (Å²) in [5.41, 5.74) is 3.21. The highest BCUT2D eigenvalue weighted by Gasteiger charge is 2.28. The number of aryl methyl sites for hydroxylation is 2. The van der Waals surface area contributed by atoms with Crippen LogP contribution in [0.1, 0.15) is 31.0 Å². The minimum atomic E-state index is 0.457. The Hall–Kier alpha value is -1.46. The van der Waals surface area contributed by atoms with Crippen LogP contribution in [0.25, 0.3) is 11.0 Å². The molecule has 1 N–H and O–H groups in total. The number of hydrogen-bond acceptors (Lipinski definition) is 4. The topological polar surface area (TPSA) is 52.0 Å². The molecular weight excluding hydrogens is 252 g/mol. The lowest BCUT2D eigenvalue weighted by Crippen LogP contribution is -2.45. The SMILES string of the molecule is CCOC1CC(NCc2cnc3c(c2)c(C)nn3C)C1. The molecule has 0 unspecified atom stereocenters. The highest BCUT2D eigenvalue weighted by Crippen LogP contribution is 2.24. The summed E-state index contributed by atoms with van der Waals surface area (Å²) in [6, 6.07) is 2.77. The number of aromatic nitrogens is 3. The Kier molecular flexibility index (Phi) is 3.72. The lowest BCUT2D eigenvalue weighted by molar-refractivity contribution is -0.0102. The molecule has 0 aliphatic heterocycles. The highest BCUT2D eigenvalue weighted by atomic mass is 16.5. The van der Waals surface area contributed by atoms with Crippen molar-refractivity contribution < 1.29 is 4.74 Å². The minimum absolute atomic E-state index is 0.457. The minimum Gasteiger partial charge on any atom is -0.378 e. The zero-order chi connectivity index (χ0) is 14.1. The van der Waals surface area contributed by atoms with Crippen LogP contribution < -0.4 is 5.32 Å². The molecule has 5 heteroatoms. The van der Waals surface area contributed by atoms with E-state index in [1.807, 2.05) is 24.9 Å². The Balaban J connectivity index is 1.60. The Morgan fingerprint density at radius 2 is 2.25 bits per heavy atom. The Bertz CT molecular complexity index is 601. The standard InChI is InChI=1S/C15H22N4O/c1-4-20-13-6-12(7-13)16-8-11-5-14-10(2)18-19(3)15(14)17-9-11/h5,9,12-13,16H,4,6-8H2,1-3H3. The summed E-state index contributed by atoms with van der Waals surface area (Å²) in [4.78, 5) is 4.50. The zero-order valence-electron chi connectivity index (χ0n) is 12.4. The first-order chi connectivity index (χ1) is 9.67.